The molecule has 0 amide bonds. The third kappa shape index (κ3) is 3.25. The van der Waals surface area contributed by atoms with Crippen molar-refractivity contribution in [3.8, 4) is 0 Å². The van der Waals surface area contributed by atoms with Gasteiger partial charge in [-0.05, 0) is 32.5 Å². The Morgan fingerprint density at radius 1 is 1.23 bits per heavy atom. The van der Waals surface area contributed by atoms with Crippen LogP contribution in [0.3, 0.4) is 0 Å². The van der Waals surface area contributed by atoms with Crippen LogP contribution in [0.2, 0.25) is 0 Å². The van der Waals surface area contributed by atoms with Crippen LogP contribution in [0.15, 0.2) is 30.3 Å². The zero-order valence-electron chi connectivity index (χ0n) is 13.5. The van der Waals surface area contributed by atoms with E-state index < -0.39 is 0 Å². The van der Waals surface area contributed by atoms with E-state index in [1.165, 1.54) is 5.56 Å². The van der Waals surface area contributed by atoms with Crippen LogP contribution in [0, 0.1) is 6.92 Å². The van der Waals surface area contributed by atoms with E-state index in [0.717, 1.165) is 31.0 Å². The summed E-state index contributed by atoms with van der Waals surface area (Å²) < 4.78 is 0. The largest absolute Gasteiger partial charge is 0.364 e. The maximum Gasteiger partial charge on any atom is 0.152 e. The highest BCUT2D eigenvalue weighted by atomic mass is 15.2. The molecule has 0 radical (unpaired) electrons. The number of aryl methyl sites for hydroxylation is 1. The Bertz CT molecular complexity index is 628. The van der Waals surface area contributed by atoms with Gasteiger partial charge in [-0.15, -0.1) is 10.2 Å². The minimum Gasteiger partial charge on any atom is -0.364 e. The fraction of sp³-hybridized carbons (Fsp3) is 0.471. The van der Waals surface area contributed by atoms with E-state index in [9.17, 15) is 0 Å². The Hall–Kier alpha value is -2.01. The molecule has 1 aromatic carbocycles. The first-order valence-corrected chi connectivity index (χ1v) is 7.84. The van der Waals surface area contributed by atoms with E-state index in [1.54, 1.807) is 0 Å². The van der Waals surface area contributed by atoms with Gasteiger partial charge in [0.25, 0.3) is 0 Å². The molecule has 1 aliphatic heterocycles. The number of nitrogens with zero attached hydrogens (tertiary/aromatic N) is 4. The van der Waals surface area contributed by atoms with Crippen molar-refractivity contribution in [3.05, 3.63) is 47.4 Å². The summed E-state index contributed by atoms with van der Waals surface area (Å²) in [5.41, 5.74) is 2.15. The van der Waals surface area contributed by atoms with Crippen LogP contribution < -0.4 is 5.32 Å². The van der Waals surface area contributed by atoms with Crippen molar-refractivity contribution in [1.29, 1.82) is 0 Å². The van der Waals surface area contributed by atoms with Crippen LogP contribution in [-0.2, 0) is 0 Å². The van der Waals surface area contributed by atoms with E-state index in [1.807, 2.05) is 13.0 Å². The minimum atomic E-state index is 0.170. The molecule has 1 saturated heterocycles. The van der Waals surface area contributed by atoms with E-state index in [-0.39, 0.29) is 5.92 Å². The molecule has 1 aromatic heterocycles. The highest BCUT2D eigenvalue weighted by Gasteiger charge is 2.23. The SMILES string of the molecule is Cc1nnc(C(C)c2ccccc2)c(N[C@@H]2CCN(C)C2)n1. The zero-order chi connectivity index (χ0) is 15.5. The first-order chi connectivity index (χ1) is 10.6. The number of anilines is 1. The molecule has 0 aliphatic carbocycles. The molecular weight excluding hydrogens is 274 g/mol. The number of hydrogen-bond acceptors (Lipinski definition) is 5. The molecule has 3 rings (SSSR count). The number of likely N-dealkylation sites (N-methyl/N-ethyl adjacent to an activating group) is 1. The van der Waals surface area contributed by atoms with Gasteiger partial charge in [0.1, 0.15) is 11.5 Å². The third-order valence-electron chi connectivity index (χ3n) is 4.26. The highest BCUT2D eigenvalue weighted by molar-refractivity contribution is 5.46. The lowest BCUT2D eigenvalue weighted by Gasteiger charge is -2.19. The van der Waals surface area contributed by atoms with Crippen molar-refractivity contribution in [2.45, 2.75) is 32.2 Å². The average Bonchev–Trinajstić information content (AvgIpc) is 2.93. The Labute approximate surface area is 131 Å². The van der Waals surface area contributed by atoms with E-state index >= 15 is 0 Å². The van der Waals surface area contributed by atoms with Gasteiger partial charge < -0.3 is 10.2 Å². The summed E-state index contributed by atoms with van der Waals surface area (Å²) >= 11 is 0. The van der Waals surface area contributed by atoms with Gasteiger partial charge in [-0.3, -0.25) is 0 Å². The lowest BCUT2D eigenvalue weighted by Crippen LogP contribution is -2.25. The lowest BCUT2D eigenvalue weighted by molar-refractivity contribution is 0.414. The normalized spacial score (nSPS) is 20.0. The topological polar surface area (TPSA) is 53.9 Å². The molecule has 0 saturated carbocycles. The summed E-state index contributed by atoms with van der Waals surface area (Å²) in [6.07, 6.45) is 1.14. The monoisotopic (exact) mass is 297 g/mol. The first kappa shape index (κ1) is 14.9. The van der Waals surface area contributed by atoms with Crippen molar-refractivity contribution < 1.29 is 0 Å². The molecule has 1 unspecified atom stereocenters. The van der Waals surface area contributed by atoms with Crippen LogP contribution in [0.5, 0.6) is 0 Å². The molecule has 2 aromatic rings. The van der Waals surface area contributed by atoms with Crippen LogP contribution in [0.1, 0.15) is 36.3 Å². The Kier molecular flexibility index (Phi) is 4.34. The minimum absolute atomic E-state index is 0.170. The predicted molar refractivity (Wildman–Crippen MR) is 88.0 cm³/mol. The lowest BCUT2D eigenvalue weighted by atomic mass is 9.97. The molecule has 22 heavy (non-hydrogen) atoms. The van der Waals surface area contributed by atoms with Gasteiger partial charge >= 0.3 is 0 Å². The summed E-state index contributed by atoms with van der Waals surface area (Å²) in [5.74, 6) is 1.76. The highest BCUT2D eigenvalue weighted by Crippen LogP contribution is 2.27. The summed E-state index contributed by atoms with van der Waals surface area (Å²) in [6.45, 7) is 6.21. The number of rotatable bonds is 4. The van der Waals surface area contributed by atoms with Crippen molar-refractivity contribution in [1.82, 2.24) is 20.1 Å². The molecule has 5 heteroatoms. The second-order valence-corrected chi connectivity index (χ2v) is 6.12. The first-order valence-electron chi connectivity index (χ1n) is 7.84. The van der Waals surface area contributed by atoms with Crippen LogP contribution in [0.4, 0.5) is 5.82 Å². The third-order valence-corrected chi connectivity index (χ3v) is 4.26. The fourth-order valence-corrected chi connectivity index (χ4v) is 2.96. The predicted octanol–water partition coefficient (Wildman–Crippen LogP) is 2.45. The van der Waals surface area contributed by atoms with Crippen molar-refractivity contribution in [3.63, 3.8) is 0 Å². The van der Waals surface area contributed by atoms with Crippen molar-refractivity contribution >= 4 is 5.82 Å². The fourth-order valence-electron chi connectivity index (χ4n) is 2.96. The van der Waals surface area contributed by atoms with E-state index in [2.05, 4.69) is 63.6 Å². The molecule has 1 aliphatic rings. The van der Waals surface area contributed by atoms with Gasteiger partial charge in [0.2, 0.25) is 0 Å². The molecule has 116 valence electrons. The quantitative estimate of drug-likeness (QED) is 0.939. The molecule has 0 spiro atoms. The molecule has 1 N–H and O–H groups in total. The van der Waals surface area contributed by atoms with Gasteiger partial charge in [-0.1, -0.05) is 37.3 Å². The maximum absolute atomic E-state index is 4.60. The van der Waals surface area contributed by atoms with Crippen LogP contribution in [0.25, 0.3) is 0 Å². The summed E-state index contributed by atoms with van der Waals surface area (Å²) in [4.78, 5) is 6.94. The second kappa shape index (κ2) is 6.40. The molecule has 5 nitrogen and oxygen atoms in total. The van der Waals surface area contributed by atoms with Gasteiger partial charge in [0.05, 0.1) is 0 Å². The van der Waals surface area contributed by atoms with Crippen molar-refractivity contribution in [2.75, 3.05) is 25.5 Å². The average molecular weight is 297 g/mol. The van der Waals surface area contributed by atoms with E-state index in [4.69, 9.17) is 0 Å². The Morgan fingerprint density at radius 3 is 2.68 bits per heavy atom. The summed E-state index contributed by atoms with van der Waals surface area (Å²) in [7, 11) is 2.15. The standard InChI is InChI=1S/C17H23N5/c1-12(14-7-5-4-6-8-14)16-17(18-13(2)20-21-16)19-15-9-10-22(3)11-15/h4-8,12,15H,9-11H2,1-3H3,(H,18,19,20)/t12?,15-/m1/s1. The number of likely N-dealkylation sites (tertiary alicyclic amines) is 1. The molecule has 1 fully saturated rings. The number of benzene rings is 1. The maximum atomic E-state index is 4.60. The Morgan fingerprint density at radius 2 is 2.00 bits per heavy atom. The zero-order valence-corrected chi connectivity index (χ0v) is 13.5. The smallest absolute Gasteiger partial charge is 0.152 e. The summed E-state index contributed by atoms with van der Waals surface area (Å²) in [5, 5.41) is 12.2. The van der Waals surface area contributed by atoms with Crippen LogP contribution >= 0.6 is 0 Å². The molecule has 0 bridgehead atoms. The van der Waals surface area contributed by atoms with Gasteiger partial charge in [-0.25, -0.2) is 4.98 Å². The second-order valence-electron chi connectivity index (χ2n) is 6.12. The van der Waals surface area contributed by atoms with Gasteiger partial charge in [-0.2, -0.15) is 0 Å². The van der Waals surface area contributed by atoms with Crippen molar-refractivity contribution in [2.24, 2.45) is 0 Å². The van der Waals surface area contributed by atoms with Gasteiger partial charge in [0.15, 0.2) is 5.82 Å². The van der Waals surface area contributed by atoms with Crippen LogP contribution in [-0.4, -0.2) is 46.3 Å². The summed E-state index contributed by atoms with van der Waals surface area (Å²) in [6, 6.07) is 10.8. The number of nitrogens with one attached hydrogen (secondary N) is 1. The Balaban J connectivity index is 1.87. The molecule has 2 atom stereocenters. The van der Waals surface area contributed by atoms with Gasteiger partial charge in [0, 0.05) is 18.5 Å². The molecule has 2 heterocycles. The van der Waals surface area contributed by atoms with E-state index in [0.29, 0.717) is 11.9 Å². The molecular formula is C17H23N5. The number of hydrogen-bond donors (Lipinski definition) is 1. The number of aromatic nitrogens is 3.